The van der Waals surface area contributed by atoms with Gasteiger partial charge in [0.05, 0.1) is 12.0 Å². The minimum Gasteiger partial charge on any atom is -0.312 e. The Morgan fingerprint density at radius 2 is 2.05 bits per heavy atom. The van der Waals surface area contributed by atoms with E-state index in [4.69, 9.17) is 5.26 Å². The second kappa shape index (κ2) is 5.87. The number of rotatable bonds is 3. The first-order chi connectivity index (χ1) is 9.54. The highest BCUT2D eigenvalue weighted by Gasteiger charge is 2.36. The van der Waals surface area contributed by atoms with Crippen molar-refractivity contribution in [2.24, 2.45) is 11.8 Å². The van der Waals surface area contributed by atoms with Gasteiger partial charge in [-0.2, -0.15) is 5.26 Å². The van der Waals surface area contributed by atoms with Crippen molar-refractivity contribution in [3.8, 4) is 6.07 Å². The van der Waals surface area contributed by atoms with Crippen LogP contribution in [0.25, 0.3) is 0 Å². The molecule has 1 fully saturated rings. The number of amides is 1. The summed E-state index contributed by atoms with van der Waals surface area (Å²) >= 11 is 0. The molecule has 4 heteroatoms. The van der Waals surface area contributed by atoms with Crippen molar-refractivity contribution < 1.29 is 9.59 Å². The molecule has 1 aliphatic heterocycles. The number of benzene rings is 1. The Morgan fingerprint density at radius 1 is 1.40 bits per heavy atom. The number of aryl methyl sites for hydroxylation is 1. The Balaban J connectivity index is 2.21. The first-order valence-electron chi connectivity index (χ1n) is 6.86. The first kappa shape index (κ1) is 14.3. The van der Waals surface area contributed by atoms with Gasteiger partial charge in [-0.25, -0.2) is 0 Å². The summed E-state index contributed by atoms with van der Waals surface area (Å²) in [6.45, 7) is 4.18. The number of carbonyl (C=O) groups is 2. The second-order valence-corrected chi connectivity index (χ2v) is 5.27. The van der Waals surface area contributed by atoms with E-state index in [-0.39, 0.29) is 11.7 Å². The third-order valence-electron chi connectivity index (χ3n) is 3.75. The molecule has 1 aliphatic rings. The van der Waals surface area contributed by atoms with Crippen molar-refractivity contribution in [2.75, 3.05) is 11.4 Å². The fourth-order valence-corrected chi connectivity index (χ4v) is 2.49. The standard InChI is InChI=1S/C16H18N2O2/c1-11-5-7-13(8-6-11)18-9-3-4-14(16(18)20)15(19)12(2)10-17/h5-8,12,14H,3-4,9H2,1-2H3/t12-,14+/m1/s1. The maximum absolute atomic E-state index is 12.5. The summed E-state index contributed by atoms with van der Waals surface area (Å²) in [7, 11) is 0. The Labute approximate surface area is 119 Å². The van der Waals surface area contributed by atoms with Crippen molar-refractivity contribution in [1.82, 2.24) is 0 Å². The third-order valence-corrected chi connectivity index (χ3v) is 3.75. The van der Waals surface area contributed by atoms with Crippen LogP contribution in [-0.4, -0.2) is 18.2 Å². The number of anilines is 1. The van der Waals surface area contributed by atoms with Crippen molar-refractivity contribution in [3.05, 3.63) is 29.8 Å². The molecule has 0 aliphatic carbocycles. The highest BCUT2D eigenvalue weighted by Crippen LogP contribution is 2.26. The summed E-state index contributed by atoms with van der Waals surface area (Å²) in [4.78, 5) is 26.2. The number of hydrogen-bond acceptors (Lipinski definition) is 3. The van der Waals surface area contributed by atoms with E-state index >= 15 is 0 Å². The molecule has 0 aromatic heterocycles. The molecule has 2 atom stereocenters. The summed E-state index contributed by atoms with van der Waals surface area (Å²) in [5.74, 6) is -1.82. The van der Waals surface area contributed by atoms with E-state index < -0.39 is 11.8 Å². The van der Waals surface area contributed by atoms with E-state index in [2.05, 4.69) is 0 Å². The van der Waals surface area contributed by atoms with E-state index in [9.17, 15) is 9.59 Å². The summed E-state index contributed by atoms with van der Waals surface area (Å²) < 4.78 is 0. The molecule has 20 heavy (non-hydrogen) atoms. The normalized spacial score (nSPS) is 20.4. The monoisotopic (exact) mass is 270 g/mol. The Bertz CT molecular complexity index is 557. The van der Waals surface area contributed by atoms with Gasteiger partial charge in [0.2, 0.25) is 5.91 Å². The first-order valence-corrected chi connectivity index (χ1v) is 6.86. The zero-order valence-corrected chi connectivity index (χ0v) is 11.8. The van der Waals surface area contributed by atoms with E-state index in [0.29, 0.717) is 13.0 Å². The van der Waals surface area contributed by atoms with Gasteiger partial charge in [-0.15, -0.1) is 0 Å². The van der Waals surface area contributed by atoms with Crippen molar-refractivity contribution >= 4 is 17.4 Å². The zero-order valence-electron chi connectivity index (χ0n) is 11.8. The van der Waals surface area contributed by atoms with Gasteiger partial charge in [0.1, 0.15) is 5.92 Å². The fraction of sp³-hybridized carbons (Fsp3) is 0.438. The maximum atomic E-state index is 12.5. The molecule has 104 valence electrons. The maximum Gasteiger partial charge on any atom is 0.237 e. The molecule has 0 bridgehead atoms. The summed E-state index contributed by atoms with van der Waals surface area (Å²) in [5, 5.41) is 8.84. The van der Waals surface area contributed by atoms with Crippen LogP contribution in [-0.2, 0) is 9.59 Å². The predicted octanol–water partition coefficient (Wildman–Crippen LogP) is 2.47. The molecule has 1 heterocycles. The summed E-state index contributed by atoms with van der Waals surface area (Å²) in [6, 6.07) is 9.62. The Hall–Kier alpha value is -2.15. The second-order valence-electron chi connectivity index (χ2n) is 5.27. The summed E-state index contributed by atoms with van der Waals surface area (Å²) in [6.07, 6.45) is 1.33. The molecular formula is C16H18N2O2. The van der Waals surface area contributed by atoms with Crippen LogP contribution < -0.4 is 4.90 Å². The van der Waals surface area contributed by atoms with Crippen LogP contribution in [0.2, 0.25) is 0 Å². The molecule has 4 nitrogen and oxygen atoms in total. The minimum atomic E-state index is -0.720. The topological polar surface area (TPSA) is 61.2 Å². The van der Waals surface area contributed by atoms with Gasteiger partial charge in [0, 0.05) is 12.2 Å². The van der Waals surface area contributed by atoms with E-state index in [0.717, 1.165) is 17.7 Å². The smallest absolute Gasteiger partial charge is 0.237 e. The zero-order chi connectivity index (χ0) is 14.7. The van der Waals surface area contributed by atoms with Crippen LogP contribution >= 0.6 is 0 Å². The molecule has 0 unspecified atom stereocenters. The lowest BCUT2D eigenvalue weighted by Crippen LogP contribution is -2.45. The SMILES string of the molecule is Cc1ccc(N2CCC[C@@H](C(=O)[C@H](C)C#N)C2=O)cc1. The molecular weight excluding hydrogens is 252 g/mol. The lowest BCUT2D eigenvalue weighted by atomic mass is 9.87. The van der Waals surface area contributed by atoms with Crippen LogP contribution in [0.5, 0.6) is 0 Å². The fourth-order valence-electron chi connectivity index (χ4n) is 2.49. The number of ketones is 1. The number of nitrogens with zero attached hydrogens (tertiary/aromatic N) is 2. The number of Topliss-reactive ketones (excluding diaryl/α,β-unsaturated/α-hetero) is 1. The van der Waals surface area contributed by atoms with Gasteiger partial charge in [-0.3, -0.25) is 9.59 Å². The Morgan fingerprint density at radius 3 is 2.65 bits per heavy atom. The predicted molar refractivity (Wildman–Crippen MR) is 76.0 cm³/mol. The molecule has 0 saturated carbocycles. The molecule has 2 rings (SSSR count). The molecule has 1 aromatic carbocycles. The molecule has 1 aromatic rings. The quantitative estimate of drug-likeness (QED) is 0.793. The molecule has 1 amide bonds. The van der Waals surface area contributed by atoms with Crippen LogP contribution in [0.4, 0.5) is 5.69 Å². The number of nitriles is 1. The third kappa shape index (κ3) is 2.72. The molecule has 0 radical (unpaired) electrons. The number of piperidine rings is 1. The van der Waals surface area contributed by atoms with Gasteiger partial charge >= 0.3 is 0 Å². The average Bonchev–Trinajstić information content (AvgIpc) is 2.47. The highest BCUT2D eigenvalue weighted by atomic mass is 16.2. The lowest BCUT2D eigenvalue weighted by molar-refractivity contribution is -0.135. The van der Waals surface area contributed by atoms with Crippen molar-refractivity contribution in [2.45, 2.75) is 26.7 Å². The van der Waals surface area contributed by atoms with Gasteiger partial charge in [0.15, 0.2) is 5.78 Å². The van der Waals surface area contributed by atoms with Crippen LogP contribution in [0.15, 0.2) is 24.3 Å². The Kier molecular flexibility index (Phi) is 4.19. The summed E-state index contributed by atoms with van der Waals surface area (Å²) in [5.41, 5.74) is 1.95. The largest absolute Gasteiger partial charge is 0.312 e. The molecule has 1 saturated heterocycles. The van der Waals surface area contributed by atoms with Crippen LogP contribution in [0.1, 0.15) is 25.3 Å². The van der Waals surface area contributed by atoms with E-state index in [1.54, 1.807) is 11.8 Å². The van der Waals surface area contributed by atoms with Gasteiger partial charge in [-0.05, 0) is 38.8 Å². The van der Waals surface area contributed by atoms with Gasteiger partial charge in [-0.1, -0.05) is 17.7 Å². The van der Waals surface area contributed by atoms with Gasteiger partial charge in [0.25, 0.3) is 0 Å². The molecule has 0 spiro atoms. The highest BCUT2D eigenvalue weighted by molar-refractivity contribution is 6.10. The van der Waals surface area contributed by atoms with E-state index in [1.165, 1.54) is 0 Å². The van der Waals surface area contributed by atoms with Crippen LogP contribution in [0, 0.1) is 30.1 Å². The average molecular weight is 270 g/mol. The van der Waals surface area contributed by atoms with Crippen molar-refractivity contribution in [3.63, 3.8) is 0 Å². The minimum absolute atomic E-state index is 0.174. The number of carbonyl (C=O) groups excluding carboxylic acids is 2. The number of hydrogen-bond donors (Lipinski definition) is 0. The molecule has 0 N–H and O–H groups in total. The van der Waals surface area contributed by atoms with E-state index in [1.807, 2.05) is 37.3 Å². The van der Waals surface area contributed by atoms with Crippen LogP contribution in [0.3, 0.4) is 0 Å². The lowest BCUT2D eigenvalue weighted by Gasteiger charge is -2.32. The van der Waals surface area contributed by atoms with Gasteiger partial charge < -0.3 is 4.90 Å². The van der Waals surface area contributed by atoms with Crippen molar-refractivity contribution in [1.29, 1.82) is 5.26 Å².